The lowest BCUT2D eigenvalue weighted by Crippen LogP contribution is -2.42. The summed E-state index contributed by atoms with van der Waals surface area (Å²) in [6.45, 7) is 2.20. The molecule has 1 saturated heterocycles. The molecule has 2 unspecified atom stereocenters. The third-order valence-electron chi connectivity index (χ3n) is 6.69. The van der Waals surface area contributed by atoms with Gasteiger partial charge in [0.25, 0.3) is 0 Å². The van der Waals surface area contributed by atoms with E-state index in [1.165, 1.54) is 6.07 Å². The summed E-state index contributed by atoms with van der Waals surface area (Å²) in [6, 6.07) is 15.9. The van der Waals surface area contributed by atoms with Gasteiger partial charge in [0.1, 0.15) is 10.7 Å². The van der Waals surface area contributed by atoms with E-state index < -0.39 is 17.7 Å². The molecule has 4 aromatic rings. The van der Waals surface area contributed by atoms with Gasteiger partial charge in [0.15, 0.2) is 17.5 Å². The lowest BCUT2D eigenvalue weighted by Gasteiger charge is -2.21. The molecule has 0 radical (unpaired) electrons. The zero-order chi connectivity index (χ0) is 27.4. The topological polar surface area (TPSA) is 84.3 Å². The maximum atomic E-state index is 14.1. The number of carbonyl (C=O) groups excluding carboxylic acids is 1. The highest BCUT2D eigenvalue weighted by Gasteiger charge is 2.35. The van der Waals surface area contributed by atoms with Gasteiger partial charge in [-0.1, -0.05) is 35.9 Å². The smallest absolute Gasteiger partial charge is 0.320 e. The molecule has 5 rings (SSSR count). The number of rotatable bonds is 8. The van der Waals surface area contributed by atoms with E-state index in [0.717, 1.165) is 6.07 Å². The molecular formula is C28H27ClF2N6O2. The Kier molecular flexibility index (Phi) is 8.16. The second-order valence-corrected chi connectivity index (χ2v) is 9.62. The van der Waals surface area contributed by atoms with E-state index in [9.17, 15) is 13.6 Å². The Morgan fingerprint density at radius 1 is 1.10 bits per heavy atom. The van der Waals surface area contributed by atoms with Gasteiger partial charge in [-0.05, 0) is 42.0 Å². The lowest BCUT2D eigenvalue weighted by atomic mass is 9.94. The van der Waals surface area contributed by atoms with E-state index in [2.05, 4.69) is 25.6 Å². The Labute approximate surface area is 229 Å². The summed E-state index contributed by atoms with van der Waals surface area (Å²) in [6.07, 6.45) is 3.30. The van der Waals surface area contributed by atoms with E-state index in [4.69, 9.17) is 16.3 Å². The van der Waals surface area contributed by atoms with Gasteiger partial charge in [0.05, 0.1) is 18.3 Å². The van der Waals surface area contributed by atoms with Crippen LogP contribution in [-0.2, 0) is 4.74 Å². The van der Waals surface area contributed by atoms with Crippen molar-refractivity contribution in [3.8, 4) is 16.9 Å². The van der Waals surface area contributed by atoms with Crippen molar-refractivity contribution in [1.29, 1.82) is 0 Å². The van der Waals surface area contributed by atoms with E-state index >= 15 is 0 Å². The van der Waals surface area contributed by atoms with Gasteiger partial charge >= 0.3 is 6.03 Å². The number of aromatic nitrogens is 3. The number of amides is 2. The normalized spacial score (nSPS) is 17.3. The Morgan fingerprint density at radius 3 is 2.64 bits per heavy atom. The number of hydrogen-bond donors (Lipinski definition) is 2. The van der Waals surface area contributed by atoms with Crippen LogP contribution in [0.3, 0.4) is 0 Å². The first kappa shape index (κ1) is 26.7. The maximum absolute atomic E-state index is 14.1. The zero-order valence-corrected chi connectivity index (χ0v) is 21.9. The fraction of sp³-hybridized carbons (Fsp3) is 0.250. The molecule has 1 aliphatic heterocycles. The minimum Gasteiger partial charge on any atom is -0.383 e. The first-order chi connectivity index (χ1) is 18.9. The highest BCUT2D eigenvalue weighted by molar-refractivity contribution is 6.36. The number of urea groups is 1. The Hall–Kier alpha value is -3.86. The lowest BCUT2D eigenvalue weighted by molar-refractivity contribution is 0.159. The number of pyridine rings is 1. The van der Waals surface area contributed by atoms with Crippen LogP contribution in [0, 0.1) is 11.6 Å². The highest BCUT2D eigenvalue weighted by atomic mass is 35.5. The predicted molar refractivity (Wildman–Crippen MR) is 145 cm³/mol. The van der Waals surface area contributed by atoms with Gasteiger partial charge in [-0.2, -0.15) is 5.10 Å². The third-order valence-corrected chi connectivity index (χ3v) is 7.05. The quantitative estimate of drug-likeness (QED) is 0.318. The number of benzene rings is 2. The zero-order valence-electron chi connectivity index (χ0n) is 21.2. The van der Waals surface area contributed by atoms with Crippen LogP contribution in [0.2, 0.25) is 5.02 Å². The Bertz CT molecular complexity index is 1440. The minimum atomic E-state index is -0.924. The van der Waals surface area contributed by atoms with Gasteiger partial charge in [0.2, 0.25) is 0 Å². The van der Waals surface area contributed by atoms with E-state index in [-0.39, 0.29) is 22.8 Å². The summed E-state index contributed by atoms with van der Waals surface area (Å²) in [4.78, 5) is 19.6. The van der Waals surface area contributed by atoms with Gasteiger partial charge in [-0.3, -0.25) is 15.2 Å². The summed E-state index contributed by atoms with van der Waals surface area (Å²) in [5.41, 5.74) is 2.47. The molecule has 0 spiro atoms. The standard InChI is InChI=1S/C28H27ClF2N6O2/c1-39-13-12-36-16-21(18-9-10-22(30)23(31)14-18)24(17-36)33-28(38)34-27-25(29)26(19-6-5-11-32-15-19)35-37(27)20-7-3-2-4-8-20/h2-11,14-15,21,24H,12-13,16-17H2,1H3,(H2,33,34,38). The average molecular weight is 553 g/mol. The molecule has 3 heterocycles. The molecule has 8 nitrogen and oxygen atoms in total. The van der Waals surface area contributed by atoms with Crippen molar-refractivity contribution < 1.29 is 18.3 Å². The van der Waals surface area contributed by atoms with Gasteiger partial charge in [-0.25, -0.2) is 18.3 Å². The molecule has 2 atom stereocenters. The molecule has 2 aromatic carbocycles. The second kappa shape index (κ2) is 11.9. The number of halogens is 3. The molecule has 11 heteroatoms. The van der Waals surface area contributed by atoms with Crippen molar-refractivity contribution in [2.75, 3.05) is 38.7 Å². The molecule has 39 heavy (non-hydrogen) atoms. The summed E-state index contributed by atoms with van der Waals surface area (Å²) in [7, 11) is 1.62. The van der Waals surface area contributed by atoms with E-state index in [1.807, 2.05) is 36.4 Å². The first-order valence-electron chi connectivity index (χ1n) is 12.4. The third kappa shape index (κ3) is 5.93. The fourth-order valence-corrected chi connectivity index (χ4v) is 5.05. The number of likely N-dealkylation sites (tertiary alicyclic amines) is 1. The number of anilines is 1. The van der Waals surface area contributed by atoms with Crippen LogP contribution in [0.15, 0.2) is 73.1 Å². The number of nitrogens with zero attached hydrogens (tertiary/aromatic N) is 4. The van der Waals surface area contributed by atoms with Gasteiger partial charge in [-0.15, -0.1) is 0 Å². The van der Waals surface area contributed by atoms with Crippen LogP contribution in [0.4, 0.5) is 19.4 Å². The van der Waals surface area contributed by atoms with Crippen molar-refractivity contribution in [3.05, 3.63) is 95.3 Å². The van der Waals surface area contributed by atoms with Crippen LogP contribution in [-0.4, -0.2) is 65.1 Å². The average Bonchev–Trinajstić information content (AvgIpc) is 3.50. The van der Waals surface area contributed by atoms with Crippen molar-refractivity contribution >= 4 is 23.4 Å². The molecule has 0 aliphatic carbocycles. The number of ether oxygens (including phenoxy) is 1. The molecule has 2 N–H and O–H groups in total. The summed E-state index contributed by atoms with van der Waals surface area (Å²) in [5, 5.41) is 10.8. The monoisotopic (exact) mass is 552 g/mol. The Morgan fingerprint density at radius 2 is 1.92 bits per heavy atom. The van der Waals surface area contributed by atoms with Gasteiger partial charge < -0.3 is 10.1 Å². The molecule has 202 valence electrons. The molecule has 2 aromatic heterocycles. The summed E-state index contributed by atoms with van der Waals surface area (Å²) in [5.74, 6) is -1.81. The van der Waals surface area contributed by atoms with Crippen LogP contribution in [0.25, 0.3) is 16.9 Å². The largest absolute Gasteiger partial charge is 0.383 e. The number of para-hydroxylation sites is 1. The highest BCUT2D eigenvalue weighted by Crippen LogP contribution is 2.35. The molecule has 0 saturated carbocycles. The van der Waals surface area contributed by atoms with Crippen molar-refractivity contribution in [1.82, 2.24) is 25.0 Å². The summed E-state index contributed by atoms with van der Waals surface area (Å²) < 4.78 is 34.4. The van der Waals surface area contributed by atoms with Crippen molar-refractivity contribution in [3.63, 3.8) is 0 Å². The first-order valence-corrected chi connectivity index (χ1v) is 12.8. The summed E-state index contributed by atoms with van der Waals surface area (Å²) >= 11 is 6.76. The maximum Gasteiger partial charge on any atom is 0.320 e. The predicted octanol–water partition coefficient (Wildman–Crippen LogP) is 5.10. The SMILES string of the molecule is COCCN1CC(NC(=O)Nc2c(Cl)c(-c3cccnc3)nn2-c2ccccc2)C(c2ccc(F)c(F)c2)C1. The molecule has 1 fully saturated rings. The number of carbonyl (C=O) groups is 1. The van der Waals surface area contributed by atoms with Crippen molar-refractivity contribution in [2.45, 2.75) is 12.0 Å². The minimum absolute atomic E-state index is 0.257. The van der Waals surface area contributed by atoms with Crippen molar-refractivity contribution in [2.24, 2.45) is 0 Å². The number of hydrogen-bond acceptors (Lipinski definition) is 5. The molecular weight excluding hydrogens is 526 g/mol. The van der Waals surface area contributed by atoms with E-state index in [0.29, 0.717) is 48.7 Å². The van der Waals surface area contributed by atoms with Crippen LogP contribution >= 0.6 is 11.6 Å². The second-order valence-electron chi connectivity index (χ2n) is 9.24. The van der Waals surface area contributed by atoms with Crippen LogP contribution in [0.5, 0.6) is 0 Å². The number of nitrogens with one attached hydrogen (secondary N) is 2. The molecule has 0 bridgehead atoms. The Balaban J connectivity index is 1.42. The number of methoxy groups -OCH3 is 1. The van der Waals surface area contributed by atoms with Crippen LogP contribution in [0.1, 0.15) is 11.5 Å². The molecule has 2 amide bonds. The molecule has 1 aliphatic rings. The van der Waals surface area contributed by atoms with E-state index in [1.54, 1.807) is 36.3 Å². The van der Waals surface area contributed by atoms with Gasteiger partial charge in [0, 0.05) is 50.6 Å². The fourth-order valence-electron chi connectivity index (χ4n) is 4.78. The van der Waals surface area contributed by atoms with Crippen LogP contribution < -0.4 is 10.6 Å².